The van der Waals surface area contributed by atoms with Crippen LogP contribution in [0.15, 0.2) is 53.9 Å². The molecule has 0 unspecified atom stereocenters. The van der Waals surface area contributed by atoms with E-state index in [2.05, 4.69) is 15.6 Å². The highest BCUT2D eigenvalue weighted by Gasteiger charge is 2.30. The maximum Gasteiger partial charge on any atom is 0.257 e. The van der Waals surface area contributed by atoms with E-state index in [1.807, 2.05) is 29.6 Å². The van der Waals surface area contributed by atoms with E-state index in [9.17, 15) is 19.2 Å². The van der Waals surface area contributed by atoms with Gasteiger partial charge in [0.25, 0.3) is 5.91 Å². The van der Waals surface area contributed by atoms with Crippen LogP contribution in [0.25, 0.3) is 11.3 Å². The van der Waals surface area contributed by atoms with Crippen LogP contribution in [0.5, 0.6) is 0 Å². The summed E-state index contributed by atoms with van der Waals surface area (Å²) >= 11 is 1.31. The minimum atomic E-state index is -0.331. The molecule has 2 aromatic carbocycles. The largest absolute Gasteiger partial charge is 0.352 e. The van der Waals surface area contributed by atoms with Crippen molar-refractivity contribution in [2.24, 2.45) is 0 Å². The number of rotatable bonds is 6. The molecule has 2 N–H and O–H groups in total. The van der Waals surface area contributed by atoms with Crippen LogP contribution < -0.4 is 15.5 Å². The minimum absolute atomic E-state index is 0.0818. The SMILES string of the molecule is CC(=O)NCc1ccc(-c2csc(NC(=O)c3ccc(N4C(=O)CCC4=O)cc3)n2)cc1. The van der Waals surface area contributed by atoms with Gasteiger partial charge in [0.15, 0.2) is 5.13 Å². The second kappa shape index (κ2) is 9.11. The highest BCUT2D eigenvalue weighted by molar-refractivity contribution is 7.14. The van der Waals surface area contributed by atoms with Gasteiger partial charge in [-0.15, -0.1) is 11.3 Å². The van der Waals surface area contributed by atoms with Gasteiger partial charge in [-0.2, -0.15) is 0 Å². The molecule has 0 atom stereocenters. The van der Waals surface area contributed by atoms with Crippen LogP contribution in [0.3, 0.4) is 0 Å². The van der Waals surface area contributed by atoms with Gasteiger partial charge in [0.2, 0.25) is 17.7 Å². The Kier molecular flexibility index (Phi) is 6.09. The number of carbonyl (C=O) groups is 4. The van der Waals surface area contributed by atoms with Crippen molar-refractivity contribution in [2.75, 3.05) is 10.2 Å². The van der Waals surface area contributed by atoms with Crippen LogP contribution in [0, 0.1) is 0 Å². The summed E-state index contributed by atoms with van der Waals surface area (Å²) in [6.45, 7) is 1.94. The molecule has 4 rings (SSSR count). The van der Waals surface area contributed by atoms with Gasteiger partial charge < -0.3 is 5.32 Å². The zero-order chi connectivity index (χ0) is 22.7. The molecule has 162 valence electrons. The maximum absolute atomic E-state index is 12.6. The van der Waals surface area contributed by atoms with Crippen LogP contribution in [-0.2, 0) is 20.9 Å². The van der Waals surface area contributed by atoms with Gasteiger partial charge in [-0.05, 0) is 29.8 Å². The zero-order valence-electron chi connectivity index (χ0n) is 17.3. The highest BCUT2D eigenvalue weighted by Crippen LogP contribution is 2.26. The molecule has 32 heavy (non-hydrogen) atoms. The molecular weight excluding hydrogens is 428 g/mol. The van der Waals surface area contributed by atoms with Crippen molar-refractivity contribution < 1.29 is 19.2 Å². The second-order valence-electron chi connectivity index (χ2n) is 7.27. The van der Waals surface area contributed by atoms with E-state index in [1.54, 1.807) is 24.3 Å². The number of nitrogens with zero attached hydrogens (tertiary/aromatic N) is 2. The van der Waals surface area contributed by atoms with E-state index in [4.69, 9.17) is 0 Å². The van der Waals surface area contributed by atoms with Gasteiger partial charge in [0, 0.05) is 42.8 Å². The Labute approximate surface area is 188 Å². The van der Waals surface area contributed by atoms with Crippen molar-refractivity contribution >= 4 is 45.8 Å². The Morgan fingerprint density at radius 3 is 2.28 bits per heavy atom. The van der Waals surface area contributed by atoms with Crippen LogP contribution in [-0.4, -0.2) is 28.6 Å². The lowest BCUT2D eigenvalue weighted by molar-refractivity contribution is -0.121. The third kappa shape index (κ3) is 4.73. The zero-order valence-corrected chi connectivity index (χ0v) is 18.1. The van der Waals surface area contributed by atoms with Crippen molar-refractivity contribution in [1.29, 1.82) is 0 Å². The molecule has 1 aliphatic heterocycles. The fourth-order valence-corrected chi connectivity index (χ4v) is 3.99. The summed E-state index contributed by atoms with van der Waals surface area (Å²) < 4.78 is 0. The number of amides is 4. The fraction of sp³-hybridized carbons (Fsp3) is 0.174. The smallest absolute Gasteiger partial charge is 0.257 e. The summed E-state index contributed by atoms with van der Waals surface area (Å²) in [5, 5.41) is 7.84. The number of carbonyl (C=O) groups excluding carboxylic acids is 4. The number of nitrogens with one attached hydrogen (secondary N) is 2. The van der Waals surface area contributed by atoms with Crippen molar-refractivity contribution in [3.05, 3.63) is 65.0 Å². The summed E-state index contributed by atoms with van der Waals surface area (Å²) in [5.74, 6) is -0.875. The summed E-state index contributed by atoms with van der Waals surface area (Å²) in [4.78, 5) is 52.9. The van der Waals surface area contributed by atoms with Gasteiger partial charge in [-0.3, -0.25) is 29.4 Å². The third-order valence-electron chi connectivity index (χ3n) is 4.96. The lowest BCUT2D eigenvalue weighted by atomic mass is 10.1. The minimum Gasteiger partial charge on any atom is -0.352 e. The molecule has 1 saturated heterocycles. The first kappa shape index (κ1) is 21.4. The molecule has 3 aromatic rings. The number of anilines is 2. The standard InChI is InChI=1S/C23H20N4O4S/c1-14(28)24-12-15-2-4-16(5-3-15)19-13-32-23(25-19)26-22(31)17-6-8-18(9-7-17)27-20(29)10-11-21(27)30/h2-9,13H,10-12H2,1H3,(H,24,28)(H,25,26,31). The van der Waals surface area contributed by atoms with Gasteiger partial charge in [0.05, 0.1) is 11.4 Å². The molecule has 0 aliphatic carbocycles. The molecule has 0 bridgehead atoms. The molecule has 2 heterocycles. The molecule has 8 nitrogen and oxygen atoms in total. The number of benzene rings is 2. The van der Waals surface area contributed by atoms with Crippen molar-refractivity contribution in [1.82, 2.24) is 10.3 Å². The van der Waals surface area contributed by atoms with Gasteiger partial charge in [-0.25, -0.2) is 4.98 Å². The molecule has 1 fully saturated rings. The second-order valence-corrected chi connectivity index (χ2v) is 8.13. The molecule has 0 saturated carbocycles. The maximum atomic E-state index is 12.6. The summed E-state index contributed by atoms with van der Waals surface area (Å²) in [7, 11) is 0. The van der Waals surface area contributed by atoms with Gasteiger partial charge >= 0.3 is 0 Å². The quantitative estimate of drug-likeness (QED) is 0.562. The average molecular weight is 449 g/mol. The van der Waals surface area contributed by atoms with Gasteiger partial charge in [-0.1, -0.05) is 24.3 Å². The first-order chi connectivity index (χ1) is 15.4. The monoisotopic (exact) mass is 448 g/mol. The van der Waals surface area contributed by atoms with Crippen molar-refractivity contribution in [3.8, 4) is 11.3 Å². The van der Waals surface area contributed by atoms with Gasteiger partial charge in [0.1, 0.15) is 0 Å². The Balaban J connectivity index is 1.40. The lowest BCUT2D eigenvalue weighted by Gasteiger charge is -2.13. The Morgan fingerprint density at radius 2 is 1.66 bits per heavy atom. The van der Waals surface area contributed by atoms with E-state index in [-0.39, 0.29) is 36.5 Å². The normalized spacial score (nSPS) is 13.3. The molecule has 0 radical (unpaired) electrons. The average Bonchev–Trinajstić information content (AvgIpc) is 3.39. The van der Waals surface area contributed by atoms with Crippen LogP contribution in [0.2, 0.25) is 0 Å². The predicted molar refractivity (Wildman–Crippen MR) is 121 cm³/mol. The topological polar surface area (TPSA) is 108 Å². The van der Waals surface area contributed by atoms with Crippen LogP contribution in [0.4, 0.5) is 10.8 Å². The van der Waals surface area contributed by atoms with Crippen molar-refractivity contribution in [3.63, 3.8) is 0 Å². The Hall–Kier alpha value is -3.85. The number of aromatic nitrogens is 1. The lowest BCUT2D eigenvalue weighted by Crippen LogP contribution is -2.28. The summed E-state index contributed by atoms with van der Waals surface area (Å²) in [6.07, 6.45) is 0.428. The van der Waals surface area contributed by atoms with Crippen molar-refractivity contribution in [2.45, 2.75) is 26.3 Å². The number of thiazole rings is 1. The number of imide groups is 1. The summed E-state index contributed by atoms with van der Waals surface area (Å²) in [5.41, 5.74) is 3.48. The highest BCUT2D eigenvalue weighted by atomic mass is 32.1. The number of hydrogen-bond acceptors (Lipinski definition) is 6. The Bertz CT molecular complexity index is 1170. The first-order valence-corrected chi connectivity index (χ1v) is 10.8. The third-order valence-corrected chi connectivity index (χ3v) is 5.71. The first-order valence-electron chi connectivity index (χ1n) is 9.97. The molecule has 9 heteroatoms. The van der Waals surface area contributed by atoms with E-state index in [1.165, 1.54) is 18.3 Å². The molecule has 1 aliphatic rings. The van der Waals surface area contributed by atoms with Crippen LogP contribution in [0.1, 0.15) is 35.7 Å². The summed E-state index contributed by atoms with van der Waals surface area (Å²) in [6, 6.07) is 14.0. The molecule has 0 spiro atoms. The van der Waals surface area contributed by atoms with E-state index >= 15 is 0 Å². The van der Waals surface area contributed by atoms with E-state index in [0.29, 0.717) is 22.9 Å². The van der Waals surface area contributed by atoms with E-state index < -0.39 is 0 Å². The molecule has 4 amide bonds. The number of hydrogen-bond donors (Lipinski definition) is 2. The molecule has 1 aromatic heterocycles. The predicted octanol–water partition coefficient (Wildman–Crippen LogP) is 3.35. The molecular formula is C23H20N4O4S. The van der Waals surface area contributed by atoms with E-state index in [0.717, 1.165) is 21.7 Å². The Morgan fingerprint density at radius 1 is 1.00 bits per heavy atom. The van der Waals surface area contributed by atoms with Crippen LogP contribution >= 0.6 is 11.3 Å². The fourth-order valence-electron chi connectivity index (χ4n) is 3.28.